The van der Waals surface area contributed by atoms with Crippen molar-refractivity contribution < 1.29 is 10.0 Å². The van der Waals surface area contributed by atoms with Gasteiger partial charge < -0.3 is 16.3 Å². The van der Waals surface area contributed by atoms with Crippen LogP contribution < -0.4 is 11.1 Å². The topological polar surface area (TPSA) is 101 Å². The predicted octanol–water partition coefficient (Wildman–Crippen LogP) is 1.19. The van der Waals surface area contributed by atoms with Crippen LogP contribution >= 0.6 is 11.8 Å². The molecular formula is C13H18N4O2S. The van der Waals surface area contributed by atoms with Crippen LogP contribution in [0, 0.1) is 0 Å². The second-order valence-corrected chi connectivity index (χ2v) is 5.90. The van der Waals surface area contributed by atoms with E-state index in [0.717, 1.165) is 19.3 Å². The van der Waals surface area contributed by atoms with Gasteiger partial charge in [-0.15, -0.1) is 0 Å². The van der Waals surface area contributed by atoms with Crippen LogP contribution in [-0.2, 0) is 0 Å². The lowest BCUT2D eigenvalue weighted by Crippen LogP contribution is -2.33. The number of hydrogen-bond acceptors (Lipinski definition) is 5. The van der Waals surface area contributed by atoms with E-state index in [4.69, 9.17) is 10.9 Å². The van der Waals surface area contributed by atoms with Crippen molar-refractivity contribution in [2.75, 3.05) is 6.26 Å². The van der Waals surface area contributed by atoms with Gasteiger partial charge in [0, 0.05) is 23.1 Å². The smallest absolute Gasteiger partial charge is 0.270 e. The van der Waals surface area contributed by atoms with Crippen molar-refractivity contribution >= 4 is 23.5 Å². The molecule has 0 aromatic carbocycles. The number of nitrogens with one attached hydrogen (secondary N) is 1. The molecular weight excluding hydrogens is 276 g/mol. The molecule has 0 radical (unpaired) electrons. The Morgan fingerprint density at radius 2 is 2.35 bits per heavy atom. The first-order chi connectivity index (χ1) is 9.63. The molecule has 108 valence electrons. The molecule has 1 aliphatic rings. The molecule has 6 nitrogen and oxygen atoms in total. The summed E-state index contributed by atoms with van der Waals surface area (Å²) in [5.41, 5.74) is 6.26. The van der Waals surface area contributed by atoms with E-state index in [-0.39, 0.29) is 17.8 Å². The lowest BCUT2D eigenvalue weighted by atomic mass is 10.2. The zero-order chi connectivity index (χ0) is 14.5. The standard InChI is InChI=1S/C13H18N4O2S/c1-20-10-4-3-9(6-10)16-13(18)11-5-2-8(7-15-11)12(14)17-19/h2,5,7,9-10,19H,3-4,6H2,1H3,(H2,14,17)(H,16,18). The zero-order valence-corrected chi connectivity index (χ0v) is 12.1. The Morgan fingerprint density at radius 3 is 2.90 bits per heavy atom. The molecule has 0 saturated heterocycles. The summed E-state index contributed by atoms with van der Waals surface area (Å²) in [6.45, 7) is 0. The van der Waals surface area contributed by atoms with Crippen molar-refractivity contribution in [1.82, 2.24) is 10.3 Å². The van der Waals surface area contributed by atoms with E-state index in [1.807, 2.05) is 11.8 Å². The number of amides is 1. The van der Waals surface area contributed by atoms with Crippen molar-refractivity contribution in [2.45, 2.75) is 30.6 Å². The second kappa shape index (κ2) is 6.60. The molecule has 2 rings (SSSR count). The average Bonchev–Trinajstić information content (AvgIpc) is 2.94. The van der Waals surface area contributed by atoms with Crippen LogP contribution in [0.5, 0.6) is 0 Å². The fourth-order valence-corrected chi connectivity index (χ4v) is 3.08. The average molecular weight is 294 g/mol. The summed E-state index contributed by atoms with van der Waals surface area (Å²) in [5.74, 6) is -0.203. The van der Waals surface area contributed by atoms with Crippen molar-refractivity contribution in [3.63, 3.8) is 0 Å². The molecule has 1 aliphatic carbocycles. The molecule has 2 unspecified atom stereocenters. The largest absolute Gasteiger partial charge is 0.409 e. The summed E-state index contributed by atoms with van der Waals surface area (Å²) in [6.07, 6.45) is 6.68. The minimum atomic E-state index is -0.178. The van der Waals surface area contributed by atoms with E-state index < -0.39 is 0 Å². The fraction of sp³-hybridized carbons (Fsp3) is 0.462. The molecule has 20 heavy (non-hydrogen) atoms. The molecule has 1 aromatic heterocycles. The predicted molar refractivity (Wildman–Crippen MR) is 79.2 cm³/mol. The van der Waals surface area contributed by atoms with Gasteiger partial charge in [0.25, 0.3) is 5.91 Å². The molecule has 1 heterocycles. The Labute approximate surface area is 121 Å². The highest BCUT2D eigenvalue weighted by atomic mass is 32.2. The summed E-state index contributed by atoms with van der Waals surface area (Å²) in [7, 11) is 0. The number of thioether (sulfide) groups is 1. The van der Waals surface area contributed by atoms with Crippen LogP contribution in [0.15, 0.2) is 23.5 Å². The Kier molecular flexibility index (Phi) is 4.84. The van der Waals surface area contributed by atoms with Crippen molar-refractivity contribution in [1.29, 1.82) is 0 Å². The summed E-state index contributed by atoms with van der Waals surface area (Å²) in [5, 5.41) is 15.1. The van der Waals surface area contributed by atoms with Gasteiger partial charge in [0.1, 0.15) is 5.69 Å². The summed E-state index contributed by atoms with van der Waals surface area (Å²) in [6, 6.07) is 3.41. The van der Waals surface area contributed by atoms with Gasteiger partial charge >= 0.3 is 0 Å². The van der Waals surface area contributed by atoms with Crippen molar-refractivity contribution in [3.8, 4) is 0 Å². The van der Waals surface area contributed by atoms with Crippen LogP contribution in [0.25, 0.3) is 0 Å². The minimum absolute atomic E-state index is 0.0249. The van der Waals surface area contributed by atoms with Crippen LogP contribution in [0.1, 0.15) is 35.3 Å². The van der Waals surface area contributed by atoms with Gasteiger partial charge in [-0.05, 0) is 37.7 Å². The Bertz CT molecular complexity index is 504. The lowest BCUT2D eigenvalue weighted by molar-refractivity contribution is 0.0933. The van der Waals surface area contributed by atoms with Gasteiger partial charge in [0.15, 0.2) is 5.84 Å². The molecule has 1 amide bonds. The number of nitrogens with zero attached hydrogens (tertiary/aromatic N) is 2. The first kappa shape index (κ1) is 14.6. The molecule has 2 atom stereocenters. The van der Waals surface area contributed by atoms with E-state index >= 15 is 0 Å². The molecule has 0 aliphatic heterocycles. The fourth-order valence-electron chi connectivity index (χ4n) is 2.28. The number of nitrogens with two attached hydrogens (primary N) is 1. The molecule has 1 fully saturated rings. The van der Waals surface area contributed by atoms with Crippen LogP contribution in [0.2, 0.25) is 0 Å². The maximum absolute atomic E-state index is 12.1. The first-order valence-electron chi connectivity index (χ1n) is 6.41. The zero-order valence-electron chi connectivity index (χ0n) is 11.2. The SMILES string of the molecule is CSC1CCC(NC(=O)c2ccc(/C(N)=N/O)cn2)C1. The third-order valence-electron chi connectivity index (χ3n) is 3.45. The number of amidine groups is 1. The normalized spacial score (nSPS) is 22.8. The van der Waals surface area contributed by atoms with E-state index in [0.29, 0.717) is 16.5 Å². The molecule has 0 spiro atoms. The Morgan fingerprint density at radius 1 is 1.55 bits per heavy atom. The van der Waals surface area contributed by atoms with E-state index in [2.05, 4.69) is 21.7 Å². The minimum Gasteiger partial charge on any atom is -0.409 e. The van der Waals surface area contributed by atoms with Gasteiger partial charge in [-0.2, -0.15) is 11.8 Å². The van der Waals surface area contributed by atoms with E-state index in [1.165, 1.54) is 6.20 Å². The van der Waals surface area contributed by atoms with Crippen molar-refractivity contribution in [2.24, 2.45) is 10.9 Å². The summed E-state index contributed by atoms with van der Waals surface area (Å²) in [4.78, 5) is 16.1. The Balaban J connectivity index is 1.96. The quantitative estimate of drug-likeness (QED) is 0.335. The van der Waals surface area contributed by atoms with E-state index in [1.54, 1.807) is 12.1 Å². The highest BCUT2D eigenvalue weighted by Gasteiger charge is 2.25. The number of rotatable bonds is 4. The second-order valence-electron chi connectivity index (χ2n) is 4.76. The van der Waals surface area contributed by atoms with Gasteiger partial charge in [-0.25, -0.2) is 0 Å². The highest BCUT2D eigenvalue weighted by molar-refractivity contribution is 7.99. The number of oxime groups is 1. The number of carbonyl (C=O) groups excluding carboxylic acids is 1. The summed E-state index contributed by atoms with van der Waals surface area (Å²) >= 11 is 1.85. The maximum atomic E-state index is 12.1. The monoisotopic (exact) mass is 294 g/mol. The van der Waals surface area contributed by atoms with Gasteiger partial charge in [0.05, 0.1) is 0 Å². The highest BCUT2D eigenvalue weighted by Crippen LogP contribution is 2.28. The maximum Gasteiger partial charge on any atom is 0.270 e. The number of aromatic nitrogens is 1. The third-order valence-corrected chi connectivity index (χ3v) is 4.55. The number of carbonyl (C=O) groups is 1. The van der Waals surface area contributed by atoms with Crippen LogP contribution in [-0.4, -0.2) is 39.5 Å². The number of hydrogen-bond donors (Lipinski definition) is 3. The van der Waals surface area contributed by atoms with Crippen molar-refractivity contribution in [3.05, 3.63) is 29.6 Å². The first-order valence-corrected chi connectivity index (χ1v) is 7.70. The van der Waals surface area contributed by atoms with E-state index in [9.17, 15) is 4.79 Å². The summed E-state index contributed by atoms with van der Waals surface area (Å²) < 4.78 is 0. The Hall–Kier alpha value is -1.76. The molecule has 0 bridgehead atoms. The lowest BCUT2D eigenvalue weighted by Gasteiger charge is -2.12. The molecule has 4 N–H and O–H groups in total. The van der Waals surface area contributed by atoms with Gasteiger partial charge in [-0.1, -0.05) is 5.16 Å². The molecule has 1 aromatic rings. The van der Waals surface area contributed by atoms with Crippen LogP contribution in [0.3, 0.4) is 0 Å². The molecule has 7 heteroatoms. The third kappa shape index (κ3) is 3.41. The van der Waals surface area contributed by atoms with Gasteiger partial charge in [-0.3, -0.25) is 9.78 Å². The van der Waals surface area contributed by atoms with Crippen LogP contribution in [0.4, 0.5) is 0 Å². The van der Waals surface area contributed by atoms with Gasteiger partial charge in [0.2, 0.25) is 0 Å². The molecule has 1 saturated carbocycles. The number of pyridine rings is 1.